The Balaban J connectivity index is 1.74. The smallest absolute Gasteiger partial charge is 0.496 e. The first-order chi connectivity index (χ1) is 18.8. The summed E-state index contributed by atoms with van der Waals surface area (Å²) in [5.41, 5.74) is 6.06. The Hall–Kier alpha value is -3.13. The van der Waals surface area contributed by atoms with Crippen LogP contribution in [-0.4, -0.2) is 29.2 Å². The lowest BCUT2D eigenvalue weighted by Crippen LogP contribution is -2.32. The maximum Gasteiger partial charge on any atom is 0.513 e. The molecule has 0 radical (unpaired) electrons. The fourth-order valence-electron chi connectivity index (χ4n) is 4.70. The number of rotatable bonds is 7. The Morgan fingerprint density at radius 3 is 2.42 bits per heavy atom. The zero-order valence-corrected chi connectivity index (χ0v) is 24.9. The molecule has 0 unspecified atom stereocenters. The van der Waals surface area contributed by atoms with Gasteiger partial charge in [0.25, 0.3) is 0 Å². The van der Waals surface area contributed by atoms with Crippen LogP contribution < -0.4 is 19.5 Å². The number of fused-ring (bicyclic) bond motifs is 1. The van der Waals surface area contributed by atoms with Crippen LogP contribution in [0, 0.1) is 12.7 Å². The van der Waals surface area contributed by atoms with E-state index in [1.165, 1.54) is 19.2 Å². The van der Waals surface area contributed by atoms with E-state index in [1.54, 1.807) is 24.3 Å². The highest BCUT2D eigenvalue weighted by atomic mass is 35.6. The fraction of sp³-hybridized carbons (Fsp3) is 0.300. The molecule has 0 spiro atoms. The molecule has 3 aromatic carbocycles. The normalized spacial score (nSPS) is 14.0. The lowest BCUT2D eigenvalue weighted by Gasteiger charge is -2.33. The van der Waals surface area contributed by atoms with Gasteiger partial charge in [0.15, 0.2) is 0 Å². The van der Waals surface area contributed by atoms with Crippen molar-refractivity contribution in [3.63, 3.8) is 0 Å². The molecular formula is C30H29Cl3FNO5. The van der Waals surface area contributed by atoms with Crippen LogP contribution in [0.5, 0.6) is 17.2 Å². The number of hydrogen-bond donors (Lipinski definition) is 1. The topological polar surface area (TPSA) is 66.0 Å². The van der Waals surface area contributed by atoms with Gasteiger partial charge in [-0.3, -0.25) is 0 Å². The summed E-state index contributed by atoms with van der Waals surface area (Å²) in [4.78, 5) is 12.1. The summed E-state index contributed by atoms with van der Waals surface area (Å²) >= 11 is 16.9. The monoisotopic (exact) mass is 607 g/mol. The SMILES string of the molecule is COc1cc(OC(=O)OCC(Cl)(Cl)Cl)ccc1-c1ccc2c(c1COc1cc(F)ccc1C)C(C)=CC(C)(C)N2. The van der Waals surface area contributed by atoms with E-state index in [0.717, 1.165) is 39.1 Å². The fourth-order valence-corrected chi connectivity index (χ4v) is 4.87. The molecule has 0 saturated carbocycles. The number of ether oxygens (including phenoxy) is 4. The van der Waals surface area contributed by atoms with E-state index in [2.05, 4.69) is 32.2 Å². The first-order valence-electron chi connectivity index (χ1n) is 12.4. The third kappa shape index (κ3) is 7.14. The second kappa shape index (κ2) is 11.8. The molecule has 0 atom stereocenters. The van der Waals surface area contributed by atoms with Crippen LogP contribution in [0.15, 0.2) is 54.6 Å². The van der Waals surface area contributed by atoms with Gasteiger partial charge >= 0.3 is 6.16 Å². The molecule has 3 aromatic rings. The summed E-state index contributed by atoms with van der Waals surface area (Å²) < 4.78 is 34.2. The van der Waals surface area contributed by atoms with E-state index in [0.29, 0.717) is 11.5 Å². The lowest BCUT2D eigenvalue weighted by atomic mass is 9.85. The van der Waals surface area contributed by atoms with Crippen LogP contribution in [0.1, 0.15) is 37.5 Å². The summed E-state index contributed by atoms with van der Waals surface area (Å²) in [6.45, 7) is 7.82. The van der Waals surface area contributed by atoms with Crippen molar-refractivity contribution in [1.82, 2.24) is 0 Å². The van der Waals surface area contributed by atoms with Gasteiger partial charge in [-0.25, -0.2) is 9.18 Å². The predicted octanol–water partition coefficient (Wildman–Crippen LogP) is 8.88. The number of nitrogens with one attached hydrogen (secondary N) is 1. The van der Waals surface area contributed by atoms with E-state index in [9.17, 15) is 9.18 Å². The van der Waals surface area contributed by atoms with Crippen LogP contribution in [0.4, 0.5) is 14.9 Å². The second-order valence-corrected chi connectivity index (χ2v) is 12.5. The molecular weight excluding hydrogens is 580 g/mol. The van der Waals surface area contributed by atoms with Crippen LogP contribution >= 0.6 is 34.8 Å². The van der Waals surface area contributed by atoms with Gasteiger partial charge in [0.2, 0.25) is 3.79 Å². The number of carbonyl (C=O) groups excluding carboxylic acids is 1. The highest BCUT2D eigenvalue weighted by molar-refractivity contribution is 6.67. The van der Waals surface area contributed by atoms with Gasteiger partial charge in [0.1, 0.15) is 36.3 Å². The summed E-state index contributed by atoms with van der Waals surface area (Å²) in [5, 5.41) is 3.56. The molecule has 0 fully saturated rings. The zero-order chi connectivity index (χ0) is 29.2. The van der Waals surface area contributed by atoms with E-state index in [1.807, 2.05) is 19.1 Å². The number of carbonyl (C=O) groups is 1. The van der Waals surface area contributed by atoms with Gasteiger partial charge in [-0.05, 0) is 68.7 Å². The minimum absolute atomic E-state index is 0.168. The van der Waals surface area contributed by atoms with Crippen LogP contribution in [0.3, 0.4) is 0 Å². The first kappa shape index (κ1) is 29.8. The average molecular weight is 609 g/mol. The minimum atomic E-state index is -1.76. The first-order valence-corrected chi connectivity index (χ1v) is 13.5. The molecule has 0 saturated heterocycles. The van der Waals surface area contributed by atoms with Gasteiger partial charge in [0.05, 0.1) is 12.6 Å². The Kier molecular flexibility index (Phi) is 8.78. The van der Waals surface area contributed by atoms with E-state index < -0.39 is 16.6 Å². The van der Waals surface area contributed by atoms with Crippen molar-refractivity contribution < 1.29 is 28.1 Å². The molecule has 10 heteroatoms. The number of allylic oxidation sites excluding steroid dienone is 1. The van der Waals surface area contributed by atoms with Crippen molar-refractivity contribution in [3.05, 3.63) is 77.1 Å². The molecule has 212 valence electrons. The maximum atomic E-state index is 14.0. The zero-order valence-electron chi connectivity index (χ0n) is 22.7. The van der Waals surface area contributed by atoms with Crippen molar-refractivity contribution in [3.8, 4) is 28.4 Å². The standard InChI is InChI=1S/C30H29Cl3FNO5/c1-17-6-7-19(34)12-25(17)38-15-23-21(10-11-24-27(23)18(2)14-29(3,4)35-24)22-9-8-20(13-26(22)37-5)40-28(36)39-16-30(31,32)33/h6-14,35H,15-16H2,1-5H3. The Morgan fingerprint density at radius 1 is 1.00 bits per heavy atom. The van der Waals surface area contributed by atoms with Crippen molar-refractivity contribution in [2.45, 2.75) is 43.6 Å². The third-order valence-corrected chi connectivity index (χ3v) is 6.61. The van der Waals surface area contributed by atoms with E-state index >= 15 is 0 Å². The molecule has 1 heterocycles. The summed E-state index contributed by atoms with van der Waals surface area (Å²) in [6, 6.07) is 13.4. The van der Waals surface area contributed by atoms with E-state index in [-0.39, 0.29) is 23.7 Å². The molecule has 40 heavy (non-hydrogen) atoms. The van der Waals surface area contributed by atoms with Crippen molar-refractivity contribution in [2.75, 3.05) is 19.0 Å². The number of alkyl halides is 3. The highest BCUT2D eigenvalue weighted by Crippen LogP contribution is 2.43. The van der Waals surface area contributed by atoms with Gasteiger partial charge in [-0.2, -0.15) is 0 Å². The molecule has 6 nitrogen and oxygen atoms in total. The Morgan fingerprint density at radius 2 is 1.73 bits per heavy atom. The highest BCUT2D eigenvalue weighted by Gasteiger charge is 2.27. The summed E-state index contributed by atoms with van der Waals surface area (Å²) in [7, 11) is 1.52. The van der Waals surface area contributed by atoms with Gasteiger partial charge in [-0.1, -0.05) is 53.0 Å². The average Bonchev–Trinajstić information content (AvgIpc) is 2.86. The maximum absolute atomic E-state index is 14.0. The predicted molar refractivity (Wildman–Crippen MR) is 158 cm³/mol. The Labute approximate surface area is 247 Å². The van der Waals surface area contributed by atoms with Crippen molar-refractivity contribution in [2.24, 2.45) is 0 Å². The number of anilines is 1. The Bertz CT molecular complexity index is 1470. The minimum Gasteiger partial charge on any atom is -0.496 e. The van der Waals surface area contributed by atoms with Crippen molar-refractivity contribution >= 4 is 52.2 Å². The van der Waals surface area contributed by atoms with Crippen molar-refractivity contribution in [1.29, 1.82) is 0 Å². The molecule has 1 aliphatic rings. The second-order valence-electron chi connectivity index (χ2n) is 10.0. The number of benzene rings is 3. The number of methoxy groups -OCH3 is 1. The van der Waals surface area contributed by atoms with Gasteiger partial charge in [-0.15, -0.1) is 0 Å². The molecule has 0 bridgehead atoms. The molecule has 4 rings (SSSR count). The molecule has 1 N–H and O–H groups in total. The van der Waals surface area contributed by atoms with Gasteiger partial charge in [0, 0.05) is 34.5 Å². The lowest BCUT2D eigenvalue weighted by molar-refractivity contribution is 0.101. The van der Waals surface area contributed by atoms with Crippen LogP contribution in [0.25, 0.3) is 16.7 Å². The number of halogens is 4. The quantitative estimate of drug-likeness (QED) is 0.164. The summed E-state index contributed by atoms with van der Waals surface area (Å²) in [6.07, 6.45) is 1.14. The largest absolute Gasteiger partial charge is 0.513 e. The molecule has 0 aromatic heterocycles. The van der Waals surface area contributed by atoms with Gasteiger partial charge < -0.3 is 24.3 Å². The molecule has 0 aliphatic carbocycles. The van der Waals surface area contributed by atoms with Crippen LogP contribution in [0.2, 0.25) is 0 Å². The van der Waals surface area contributed by atoms with Crippen LogP contribution in [-0.2, 0) is 11.3 Å². The molecule has 0 amide bonds. The number of hydrogen-bond acceptors (Lipinski definition) is 6. The molecule has 1 aliphatic heterocycles. The number of aryl methyl sites for hydroxylation is 1. The summed E-state index contributed by atoms with van der Waals surface area (Å²) in [5.74, 6) is 0.708. The van der Waals surface area contributed by atoms with E-state index in [4.69, 9.17) is 53.8 Å². The third-order valence-electron chi connectivity index (χ3n) is 6.28.